The molecule has 1 N–H and O–H groups in total. The van der Waals surface area contributed by atoms with Gasteiger partial charge in [-0.3, -0.25) is 0 Å². The molecule has 0 saturated carbocycles. The molecule has 1 atom stereocenters. The van der Waals surface area contributed by atoms with Crippen LogP contribution in [0.15, 0.2) is 18.3 Å². The quantitative estimate of drug-likeness (QED) is 0.905. The number of β-amino-alcohol motifs (C(OH)–C–C–N with tert-alkyl or cyclic N) is 1. The minimum atomic E-state index is -4.41. The van der Waals surface area contributed by atoms with Gasteiger partial charge < -0.3 is 19.6 Å². The summed E-state index contributed by atoms with van der Waals surface area (Å²) in [7, 11) is 0. The third-order valence-corrected chi connectivity index (χ3v) is 4.47. The predicted molar refractivity (Wildman–Crippen MR) is 82.9 cm³/mol. The number of alkyl halides is 3. The highest BCUT2D eigenvalue weighted by atomic mass is 19.4. The molecule has 0 bridgehead atoms. The lowest BCUT2D eigenvalue weighted by molar-refractivity contribution is -0.137. The predicted octanol–water partition coefficient (Wildman–Crippen LogP) is 1.76. The summed E-state index contributed by atoms with van der Waals surface area (Å²) in [4.78, 5) is 7.91. The summed E-state index contributed by atoms with van der Waals surface area (Å²) in [5, 5.41) is 10.9. The van der Waals surface area contributed by atoms with Gasteiger partial charge in [0.15, 0.2) is 0 Å². The number of rotatable bonds is 3. The summed E-state index contributed by atoms with van der Waals surface area (Å²) < 4.78 is 44.2. The number of aromatic nitrogens is 1. The number of hydrogen-bond acceptors (Lipinski definition) is 5. The van der Waals surface area contributed by atoms with Crippen LogP contribution in [0.25, 0.3) is 0 Å². The Morgan fingerprint density at radius 2 is 2.00 bits per heavy atom. The van der Waals surface area contributed by atoms with E-state index in [-0.39, 0.29) is 19.0 Å². The van der Waals surface area contributed by atoms with Crippen molar-refractivity contribution in [1.29, 1.82) is 0 Å². The van der Waals surface area contributed by atoms with Crippen LogP contribution in [-0.4, -0.2) is 66.5 Å². The molecule has 24 heavy (non-hydrogen) atoms. The van der Waals surface area contributed by atoms with Crippen LogP contribution in [0.2, 0.25) is 0 Å². The van der Waals surface area contributed by atoms with Crippen molar-refractivity contribution in [2.24, 2.45) is 0 Å². The Morgan fingerprint density at radius 1 is 1.25 bits per heavy atom. The maximum absolute atomic E-state index is 12.9. The summed E-state index contributed by atoms with van der Waals surface area (Å²) in [6.07, 6.45) is -1.04. The van der Waals surface area contributed by atoms with Crippen LogP contribution in [0.1, 0.15) is 18.4 Å². The van der Waals surface area contributed by atoms with Gasteiger partial charge in [-0.05, 0) is 38.1 Å². The van der Waals surface area contributed by atoms with Crippen LogP contribution < -0.4 is 4.90 Å². The van der Waals surface area contributed by atoms with Gasteiger partial charge in [0, 0.05) is 19.3 Å². The third kappa shape index (κ3) is 4.17. The molecular formula is C16H22F3N3O2. The fraction of sp³-hybridized carbons (Fsp3) is 0.688. The number of aliphatic hydroxyl groups is 1. The second kappa shape index (κ2) is 6.85. The summed E-state index contributed by atoms with van der Waals surface area (Å²) in [5.74, 6) is 0.218. The van der Waals surface area contributed by atoms with Gasteiger partial charge in [-0.25, -0.2) is 4.98 Å². The molecular weight excluding hydrogens is 323 g/mol. The van der Waals surface area contributed by atoms with E-state index in [9.17, 15) is 18.3 Å². The lowest BCUT2D eigenvalue weighted by atomic mass is 10.0. The fourth-order valence-corrected chi connectivity index (χ4v) is 3.33. The Morgan fingerprint density at radius 3 is 2.71 bits per heavy atom. The van der Waals surface area contributed by atoms with Crippen LogP contribution in [-0.2, 0) is 10.9 Å². The van der Waals surface area contributed by atoms with Crippen molar-refractivity contribution in [2.75, 3.05) is 50.8 Å². The number of likely N-dealkylation sites (tertiary alicyclic amines) is 1. The standard InChI is InChI=1S/C16H22F3N3O2/c17-16(18,19)13-3-4-20-14(9-13)22-7-8-24-12-15(23,11-22)10-21-5-1-2-6-21/h3-4,9,23H,1-2,5-8,10-12H2/t15-/m1/s1. The Hall–Kier alpha value is -1.38. The number of anilines is 1. The maximum Gasteiger partial charge on any atom is 0.416 e. The summed E-state index contributed by atoms with van der Waals surface area (Å²) in [5.41, 5.74) is -1.85. The number of hydrogen-bond donors (Lipinski definition) is 1. The summed E-state index contributed by atoms with van der Waals surface area (Å²) in [6.45, 7) is 3.46. The van der Waals surface area contributed by atoms with Gasteiger partial charge in [-0.1, -0.05) is 0 Å². The van der Waals surface area contributed by atoms with Gasteiger partial charge in [0.05, 0.1) is 25.3 Å². The van der Waals surface area contributed by atoms with Gasteiger partial charge in [0.25, 0.3) is 0 Å². The molecule has 2 aliphatic rings. The SMILES string of the molecule is O[C@@]1(CN2CCCC2)COCCN(c2cc(C(F)(F)F)ccn2)C1. The molecule has 0 unspecified atom stereocenters. The molecule has 8 heteroatoms. The molecule has 134 valence electrons. The maximum atomic E-state index is 12.9. The number of ether oxygens (including phenoxy) is 1. The highest BCUT2D eigenvalue weighted by Crippen LogP contribution is 2.31. The van der Waals surface area contributed by atoms with Crippen molar-refractivity contribution < 1.29 is 23.0 Å². The highest BCUT2D eigenvalue weighted by Gasteiger charge is 2.36. The van der Waals surface area contributed by atoms with E-state index in [1.54, 1.807) is 4.90 Å². The molecule has 0 aliphatic carbocycles. The molecule has 0 radical (unpaired) electrons. The van der Waals surface area contributed by atoms with Crippen molar-refractivity contribution in [3.8, 4) is 0 Å². The minimum Gasteiger partial charge on any atom is -0.384 e. The topological polar surface area (TPSA) is 48.8 Å². The molecule has 2 saturated heterocycles. The van der Waals surface area contributed by atoms with E-state index >= 15 is 0 Å². The smallest absolute Gasteiger partial charge is 0.384 e. The molecule has 3 heterocycles. The molecule has 5 nitrogen and oxygen atoms in total. The van der Waals surface area contributed by atoms with Crippen LogP contribution in [0.3, 0.4) is 0 Å². The van der Waals surface area contributed by atoms with E-state index in [1.807, 2.05) is 0 Å². The average molecular weight is 345 g/mol. The molecule has 2 fully saturated rings. The molecule has 0 amide bonds. The van der Waals surface area contributed by atoms with Crippen molar-refractivity contribution in [1.82, 2.24) is 9.88 Å². The van der Waals surface area contributed by atoms with Crippen molar-refractivity contribution in [2.45, 2.75) is 24.6 Å². The zero-order chi connectivity index (χ0) is 17.2. The fourth-order valence-electron chi connectivity index (χ4n) is 3.33. The normalized spacial score (nSPS) is 26.6. The van der Waals surface area contributed by atoms with E-state index in [0.29, 0.717) is 19.7 Å². The monoisotopic (exact) mass is 345 g/mol. The molecule has 1 aromatic rings. The zero-order valence-electron chi connectivity index (χ0n) is 13.4. The van der Waals surface area contributed by atoms with E-state index in [1.165, 1.54) is 0 Å². The Labute approximate surface area is 139 Å². The zero-order valence-corrected chi connectivity index (χ0v) is 13.4. The highest BCUT2D eigenvalue weighted by molar-refractivity contribution is 5.42. The first-order chi connectivity index (χ1) is 11.4. The van der Waals surface area contributed by atoms with E-state index in [4.69, 9.17) is 4.74 Å². The molecule has 0 aromatic carbocycles. The Balaban J connectivity index is 1.77. The number of pyridine rings is 1. The molecule has 1 aromatic heterocycles. The largest absolute Gasteiger partial charge is 0.416 e. The summed E-state index contributed by atoms with van der Waals surface area (Å²) >= 11 is 0. The molecule has 2 aliphatic heterocycles. The Kier molecular flexibility index (Phi) is 4.98. The van der Waals surface area contributed by atoms with Gasteiger partial charge >= 0.3 is 6.18 Å². The van der Waals surface area contributed by atoms with Crippen molar-refractivity contribution >= 4 is 5.82 Å². The van der Waals surface area contributed by atoms with E-state index < -0.39 is 17.3 Å². The third-order valence-electron chi connectivity index (χ3n) is 4.47. The van der Waals surface area contributed by atoms with Gasteiger partial charge in [-0.2, -0.15) is 13.2 Å². The van der Waals surface area contributed by atoms with Crippen LogP contribution in [0, 0.1) is 0 Å². The van der Waals surface area contributed by atoms with E-state index in [0.717, 1.165) is 44.3 Å². The lowest BCUT2D eigenvalue weighted by Crippen LogP contribution is -2.52. The van der Waals surface area contributed by atoms with Gasteiger partial charge in [0.2, 0.25) is 0 Å². The van der Waals surface area contributed by atoms with Crippen molar-refractivity contribution in [3.63, 3.8) is 0 Å². The van der Waals surface area contributed by atoms with Crippen LogP contribution >= 0.6 is 0 Å². The first-order valence-electron chi connectivity index (χ1n) is 8.16. The van der Waals surface area contributed by atoms with Crippen LogP contribution in [0.5, 0.6) is 0 Å². The first kappa shape index (κ1) is 17.4. The van der Waals surface area contributed by atoms with Crippen molar-refractivity contribution in [3.05, 3.63) is 23.9 Å². The molecule has 3 rings (SSSR count). The first-order valence-corrected chi connectivity index (χ1v) is 8.16. The number of nitrogens with zero attached hydrogens (tertiary/aromatic N) is 3. The second-order valence-electron chi connectivity index (χ2n) is 6.58. The minimum absolute atomic E-state index is 0.180. The lowest BCUT2D eigenvalue weighted by Gasteiger charge is -2.34. The van der Waals surface area contributed by atoms with E-state index in [2.05, 4.69) is 9.88 Å². The Bertz CT molecular complexity index is 564. The van der Waals surface area contributed by atoms with Crippen LogP contribution in [0.4, 0.5) is 19.0 Å². The van der Waals surface area contributed by atoms with Gasteiger partial charge in [0.1, 0.15) is 11.4 Å². The number of halogens is 3. The second-order valence-corrected chi connectivity index (χ2v) is 6.58. The molecule has 0 spiro atoms. The van der Waals surface area contributed by atoms with Gasteiger partial charge in [-0.15, -0.1) is 0 Å². The summed E-state index contributed by atoms with van der Waals surface area (Å²) in [6, 6.07) is 1.98. The average Bonchev–Trinajstić information content (AvgIpc) is 2.94.